The van der Waals surface area contributed by atoms with E-state index in [1.807, 2.05) is 30.5 Å². The number of halogens is 1. The Morgan fingerprint density at radius 1 is 0.969 bits per heavy atom. The van der Waals surface area contributed by atoms with Crippen molar-refractivity contribution < 1.29 is 4.79 Å². The van der Waals surface area contributed by atoms with Crippen molar-refractivity contribution in [2.45, 2.75) is 32.1 Å². The second-order valence-electron chi connectivity index (χ2n) is 8.36. The molecule has 32 heavy (non-hydrogen) atoms. The Kier molecular flexibility index (Phi) is 5.89. The van der Waals surface area contributed by atoms with Crippen LogP contribution >= 0.6 is 11.6 Å². The summed E-state index contributed by atoms with van der Waals surface area (Å²) in [5.74, 6) is 2.19. The Morgan fingerprint density at radius 3 is 2.53 bits per heavy atom. The Bertz CT molecular complexity index is 1220. The Morgan fingerprint density at radius 2 is 1.75 bits per heavy atom. The molecule has 5 rings (SSSR count). The van der Waals surface area contributed by atoms with Gasteiger partial charge in [0.2, 0.25) is 0 Å². The first-order chi connectivity index (χ1) is 15.7. The third-order valence-corrected chi connectivity index (χ3v) is 6.70. The number of aryl methyl sites for hydroxylation is 2. The number of likely N-dealkylation sites (tertiary alicyclic amines) is 1. The third-order valence-electron chi connectivity index (χ3n) is 6.47. The fraction of sp³-hybridized carbons (Fsp3) is 0.259. The maximum atomic E-state index is 11.7. The lowest BCUT2D eigenvalue weighted by molar-refractivity contribution is 0.317. The van der Waals surface area contributed by atoms with Crippen LogP contribution in [0.15, 0.2) is 72.3 Å². The number of fused-ring (bicyclic) bond motifs is 2. The van der Waals surface area contributed by atoms with Crippen molar-refractivity contribution in [3.63, 3.8) is 0 Å². The van der Waals surface area contributed by atoms with Crippen molar-refractivity contribution in [3.8, 4) is 0 Å². The topological polar surface area (TPSA) is 46.1 Å². The molecule has 5 heteroatoms. The Hall–Kier alpha value is -3.20. The van der Waals surface area contributed by atoms with Crippen molar-refractivity contribution in [3.05, 3.63) is 105 Å². The van der Waals surface area contributed by atoms with Crippen LogP contribution in [0.2, 0.25) is 5.02 Å². The minimum Gasteiger partial charge on any atom is -0.365 e. The average Bonchev–Trinajstić information content (AvgIpc) is 3.00. The van der Waals surface area contributed by atoms with Gasteiger partial charge in [0.15, 0.2) is 0 Å². The molecule has 0 bridgehead atoms. The SMILES string of the molecule is O=C=C(Cc1ccncc1)N1CCC(=C2c3ccc(Cl)cc3CCc3cccnc32)CC1. The van der Waals surface area contributed by atoms with Crippen LogP contribution in [0.4, 0.5) is 0 Å². The molecule has 0 spiro atoms. The van der Waals surface area contributed by atoms with Gasteiger partial charge in [-0.05, 0) is 78.3 Å². The minimum atomic E-state index is 0.587. The van der Waals surface area contributed by atoms with E-state index in [1.54, 1.807) is 12.4 Å². The van der Waals surface area contributed by atoms with E-state index in [-0.39, 0.29) is 0 Å². The van der Waals surface area contributed by atoms with E-state index in [1.165, 1.54) is 27.8 Å². The summed E-state index contributed by atoms with van der Waals surface area (Å²) in [6.07, 6.45) is 9.71. The molecule has 0 atom stereocenters. The highest BCUT2D eigenvalue weighted by molar-refractivity contribution is 6.30. The molecule has 0 unspecified atom stereocenters. The summed E-state index contributed by atoms with van der Waals surface area (Å²) in [7, 11) is 0. The van der Waals surface area contributed by atoms with Crippen LogP contribution in [0, 0.1) is 0 Å². The van der Waals surface area contributed by atoms with E-state index < -0.39 is 0 Å². The number of aromatic nitrogens is 2. The van der Waals surface area contributed by atoms with Crippen molar-refractivity contribution in [2.75, 3.05) is 13.1 Å². The van der Waals surface area contributed by atoms with Gasteiger partial charge in [0.05, 0.1) is 5.69 Å². The van der Waals surface area contributed by atoms with Gasteiger partial charge in [-0.1, -0.05) is 29.3 Å². The molecule has 1 aromatic carbocycles. The van der Waals surface area contributed by atoms with Gasteiger partial charge in [0.1, 0.15) is 11.6 Å². The summed E-state index contributed by atoms with van der Waals surface area (Å²) in [6, 6.07) is 14.3. The van der Waals surface area contributed by atoms with E-state index in [4.69, 9.17) is 16.6 Å². The van der Waals surface area contributed by atoms with Crippen LogP contribution in [0.25, 0.3) is 5.57 Å². The van der Waals surface area contributed by atoms with Crippen molar-refractivity contribution in [1.29, 1.82) is 0 Å². The van der Waals surface area contributed by atoms with Crippen LogP contribution < -0.4 is 0 Å². The monoisotopic (exact) mass is 441 g/mol. The predicted octanol–water partition coefficient (Wildman–Crippen LogP) is 5.08. The van der Waals surface area contributed by atoms with Gasteiger partial charge in [-0.2, -0.15) is 0 Å². The maximum absolute atomic E-state index is 11.7. The second kappa shape index (κ2) is 9.12. The summed E-state index contributed by atoms with van der Waals surface area (Å²) >= 11 is 6.33. The zero-order valence-electron chi connectivity index (χ0n) is 17.9. The number of hydrogen-bond acceptors (Lipinski definition) is 4. The van der Waals surface area contributed by atoms with Crippen LogP contribution in [0.1, 0.15) is 40.8 Å². The summed E-state index contributed by atoms with van der Waals surface area (Å²) in [5.41, 5.74) is 9.37. The molecule has 160 valence electrons. The van der Waals surface area contributed by atoms with Gasteiger partial charge >= 0.3 is 0 Å². The van der Waals surface area contributed by atoms with Crippen LogP contribution in [0.5, 0.6) is 0 Å². The number of benzene rings is 1. The van der Waals surface area contributed by atoms with Gasteiger partial charge < -0.3 is 4.90 Å². The highest BCUT2D eigenvalue weighted by Crippen LogP contribution is 2.38. The molecular weight excluding hydrogens is 418 g/mol. The predicted molar refractivity (Wildman–Crippen MR) is 127 cm³/mol. The molecule has 0 N–H and O–H groups in total. The lowest BCUT2D eigenvalue weighted by Crippen LogP contribution is -2.31. The quantitative estimate of drug-likeness (QED) is 0.531. The molecule has 1 aliphatic carbocycles. The molecule has 2 aromatic heterocycles. The van der Waals surface area contributed by atoms with Crippen LogP contribution in [-0.4, -0.2) is 33.9 Å². The molecule has 1 saturated heterocycles. The standard InChI is InChI=1S/C27H24ClN3O/c28-23-5-6-25-22(17-23)4-3-21-2-1-11-30-27(21)26(25)20-9-14-31(15-10-20)24(18-32)16-19-7-12-29-13-8-19/h1-2,5-8,11-13,17H,3-4,9-10,14-16H2. The van der Waals surface area contributed by atoms with E-state index in [0.717, 1.165) is 55.1 Å². The van der Waals surface area contributed by atoms with E-state index in [9.17, 15) is 4.79 Å². The molecule has 4 nitrogen and oxygen atoms in total. The number of piperidine rings is 1. The first-order valence-electron chi connectivity index (χ1n) is 11.1. The third kappa shape index (κ3) is 4.12. The fourth-order valence-electron chi connectivity index (χ4n) is 4.84. The summed E-state index contributed by atoms with van der Waals surface area (Å²) in [6.45, 7) is 1.61. The first-order valence-corrected chi connectivity index (χ1v) is 11.4. The zero-order chi connectivity index (χ0) is 21.9. The molecule has 1 aliphatic heterocycles. The highest BCUT2D eigenvalue weighted by atomic mass is 35.5. The zero-order valence-corrected chi connectivity index (χ0v) is 18.6. The highest BCUT2D eigenvalue weighted by Gasteiger charge is 2.26. The smallest absolute Gasteiger partial charge is 0.146 e. The summed E-state index contributed by atoms with van der Waals surface area (Å²) < 4.78 is 0. The summed E-state index contributed by atoms with van der Waals surface area (Å²) in [5, 5.41) is 0.777. The number of pyridine rings is 2. The van der Waals surface area contributed by atoms with Crippen LogP contribution in [0.3, 0.4) is 0 Å². The number of carbonyl (C=O) groups excluding carboxylic acids is 1. The first kappa shape index (κ1) is 20.7. The number of rotatable bonds is 3. The molecule has 0 radical (unpaired) electrons. The van der Waals surface area contributed by atoms with Crippen LogP contribution in [-0.2, 0) is 24.1 Å². The number of nitrogens with zero attached hydrogens (tertiary/aromatic N) is 3. The Balaban J connectivity index is 1.47. The van der Waals surface area contributed by atoms with E-state index >= 15 is 0 Å². The Labute approximate surface area is 193 Å². The maximum Gasteiger partial charge on any atom is 0.146 e. The molecule has 2 aliphatic rings. The molecular formula is C27H24ClN3O. The molecule has 3 heterocycles. The fourth-order valence-corrected chi connectivity index (χ4v) is 5.03. The number of allylic oxidation sites excluding steroid dienone is 1. The second-order valence-corrected chi connectivity index (χ2v) is 8.80. The van der Waals surface area contributed by atoms with E-state index in [2.05, 4.69) is 34.0 Å². The summed E-state index contributed by atoms with van der Waals surface area (Å²) in [4.78, 5) is 22.8. The van der Waals surface area contributed by atoms with Gasteiger partial charge in [-0.3, -0.25) is 9.97 Å². The average molecular weight is 442 g/mol. The molecule has 0 amide bonds. The van der Waals surface area contributed by atoms with Crippen molar-refractivity contribution >= 4 is 23.1 Å². The van der Waals surface area contributed by atoms with Gasteiger partial charge in [0, 0.05) is 48.7 Å². The molecule has 1 fully saturated rings. The number of hydrogen-bond donors (Lipinski definition) is 0. The normalized spacial score (nSPS) is 15.5. The largest absolute Gasteiger partial charge is 0.365 e. The molecule has 3 aromatic rings. The van der Waals surface area contributed by atoms with E-state index in [0.29, 0.717) is 12.1 Å². The minimum absolute atomic E-state index is 0.587. The lowest BCUT2D eigenvalue weighted by atomic mass is 9.88. The van der Waals surface area contributed by atoms with Crippen molar-refractivity contribution in [2.24, 2.45) is 0 Å². The van der Waals surface area contributed by atoms with Gasteiger partial charge in [0.25, 0.3) is 0 Å². The lowest BCUT2D eigenvalue weighted by Gasteiger charge is -2.32. The van der Waals surface area contributed by atoms with Gasteiger partial charge in [-0.15, -0.1) is 0 Å². The molecule has 0 saturated carbocycles. The van der Waals surface area contributed by atoms with Gasteiger partial charge in [-0.25, -0.2) is 4.79 Å². The van der Waals surface area contributed by atoms with Crippen molar-refractivity contribution in [1.82, 2.24) is 14.9 Å².